The van der Waals surface area contributed by atoms with Gasteiger partial charge in [-0.2, -0.15) is 0 Å². The first-order chi connectivity index (χ1) is 19.5. The van der Waals surface area contributed by atoms with E-state index in [2.05, 4.69) is 10.2 Å². The maximum absolute atomic E-state index is 12.1. The summed E-state index contributed by atoms with van der Waals surface area (Å²) in [5.74, 6) is -1.90. The van der Waals surface area contributed by atoms with Crippen molar-refractivity contribution in [3.63, 3.8) is 0 Å². The first-order valence-electron chi connectivity index (χ1n) is 13.2. The number of esters is 4. The topological polar surface area (TPSA) is 162 Å². The number of aromatic nitrogens is 2. The van der Waals surface area contributed by atoms with Crippen molar-refractivity contribution < 1.29 is 52.3 Å². The lowest BCUT2D eigenvalue weighted by molar-refractivity contribution is -0.289. The first kappa shape index (κ1) is 31.4. The van der Waals surface area contributed by atoms with E-state index in [-0.39, 0.29) is 12.5 Å². The molecule has 2 aromatic rings. The van der Waals surface area contributed by atoms with E-state index in [9.17, 15) is 19.2 Å². The Kier molecular flexibility index (Phi) is 11.1. The number of carbonyl (C=O) groups is 4. The molecule has 2 heterocycles. The molecule has 224 valence electrons. The van der Waals surface area contributed by atoms with E-state index in [1.165, 1.54) is 6.92 Å². The summed E-state index contributed by atoms with van der Waals surface area (Å²) in [5.41, 5.74) is 2.36. The maximum atomic E-state index is 12.1. The van der Waals surface area contributed by atoms with Crippen molar-refractivity contribution in [1.29, 1.82) is 0 Å². The highest BCUT2D eigenvalue weighted by atomic mass is 16.7. The van der Waals surface area contributed by atoms with Gasteiger partial charge < -0.3 is 33.2 Å². The number of nitrogens with zero attached hydrogens (tertiary/aromatic N) is 1. The Bertz CT molecular complexity index is 1210. The second-order valence-electron chi connectivity index (χ2n) is 9.49. The van der Waals surface area contributed by atoms with E-state index in [1.54, 1.807) is 0 Å². The molecule has 41 heavy (non-hydrogen) atoms. The predicted octanol–water partition coefficient (Wildman–Crippen LogP) is 2.56. The SMILES string of the molecule is CCCOc1ccc(Cc2c(O[C@@H]3O[C@H](COC(C)=O)[C@@H](OC(C)=O)[C@H](OC(C)=O)[C@H]3OC(C)=O)n[nH]c2C)cc1. The highest BCUT2D eigenvalue weighted by molar-refractivity contribution is 5.68. The zero-order chi connectivity index (χ0) is 30.1. The number of nitrogens with one attached hydrogen (secondary N) is 1. The molecule has 13 nitrogen and oxygen atoms in total. The molecular formula is C28H36N2O11. The van der Waals surface area contributed by atoms with Gasteiger partial charge >= 0.3 is 23.9 Å². The molecule has 1 aliphatic rings. The van der Waals surface area contributed by atoms with E-state index in [0.29, 0.717) is 18.6 Å². The van der Waals surface area contributed by atoms with E-state index in [1.807, 2.05) is 38.1 Å². The van der Waals surface area contributed by atoms with Crippen LogP contribution in [0.15, 0.2) is 24.3 Å². The van der Waals surface area contributed by atoms with Crippen LogP contribution in [0.5, 0.6) is 11.6 Å². The van der Waals surface area contributed by atoms with Gasteiger partial charge in [-0.15, -0.1) is 5.10 Å². The van der Waals surface area contributed by atoms with Gasteiger partial charge in [0.1, 0.15) is 18.5 Å². The first-order valence-corrected chi connectivity index (χ1v) is 13.2. The molecule has 1 aromatic carbocycles. The fourth-order valence-electron chi connectivity index (χ4n) is 4.26. The molecule has 5 atom stereocenters. The maximum Gasteiger partial charge on any atom is 0.303 e. The lowest BCUT2D eigenvalue weighted by atomic mass is 9.98. The molecule has 0 unspecified atom stereocenters. The van der Waals surface area contributed by atoms with E-state index >= 15 is 0 Å². The van der Waals surface area contributed by atoms with Crippen LogP contribution in [0.1, 0.15) is 57.9 Å². The molecule has 1 saturated heterocycles. The molecule has 0 radical (unpaired) electrons. The minimum absolute atomic E-state index is 0.148. The summed E-state index contributed by atoms with van der Waals surface area (Å²) in [4.78, 5) is 47.6. The number of hydrogen-bond donors (Lipinski definition) is 1. The Balaban J connectivity index is 1.94. The third-order valence-electron chi connectivity index (χ3n) is 5.99. The van der Waals surface area contributed by atoms with Crippen molar-refractivity contribution in [2.45, 2.75) is 85.1 Å². The van der Waals surface area contributed by atoms with Gasteiger partial charge in [0.05, 0.1) is 6.61 Å². The van der Waals surface area contributed by atoms with Crippen molar-refractivity contribution in [1.82, 2.24) is 10.2 Å². The molecule has 1 aliphatic heterocycles. The summed E-state index contributed by atoms with van der Waals surface area (Å²) in [5, 5.41) is 7.14. The zero-order valence-corrected chi connectivity index (χ0v) is 24.0. The van der Waals surface area contributed by atoms with E-state index in [4.69, 9.17) is 33.2 Å². The molecule has 0 amide bonds. The molecule has 0 aliphatic carbocycles. The zero-order valence-electron chi connectivity index (χ0n) is 24.0. The van der Waals surface area contributed by atoms with Gasteiger partial charge in [-0.3, -0.25) is 24.3 Å². The standard InChI is InChI=1S/C28H36N2O11/c1-7-12-35-21-10-8-20(9-11-21)13-22-15(2)29-30-27(22)41-28-26(39-19(6)34)25(38-18(5)33)24(37-17(4)32)23(40-28)14-36-16(3)31/h8-11,23-26,28H,7,12-14H2,1-6H3,(H,29,30)/t23-,24-,25+,26-,28+/m1/s1. The molecule has 0 bridgehead atoms. The van der Waals surface area contributed by atoms with Crippen LogP contribution in [0.2, 0.25) is 0 Å². The summed E-state index contributed by atoms with van der Waals surface area (Å²) < 4.78 is 39.2. The van der Waals surface area contributed by atoms with Gasteiger partial charge in [0.2, 0.25) is 18.3 Å². The summed E-state index contributed by atoms with van der Waals surface area (Å²) >= 11 is 0. The van der Waals surface area contributed by atoms with Crippen molar-refractivity contribution in [2.24, 2.45) is 0 Å². The minimum atomic E-state index is -1.39. The molecular weight excluding hydrogens is 540 g/mol. The van der Waals surface area contributed by atoms with Crippen LogP contribution >= 0.6 is 0 Å². The quantitative estimate of drug-likeness (QED) is 0.291. The van der Waals surface area contributed by atoms with Gasteiger partial charge in [-0.1, -0.05) is 19.1 Å². The Morgan fingerprint density at radius 3 is 2.07 bits per heavy atom. The number of benzene rings is 1. The van der Waals surface area contributed by atoms with Crippen LogP contribution in [-0.4, -0.2) is 78.0 Å². The van der Waals surface area contributed by atoms with Crippen LogP contribution in [0.3, 0.4) is 0 Å². The summed E-state index contributed by atoms with van der Waals surface area (Å²) in [7, 11) is 0. The number of aromatic amines is 1. The third kappa shape index (κ3) is 8.93. The Labute approximate surface area is 237 Å². The van der Waals surface area contributed by atoms with Gasteiger partial charge in [-0.25, -0.2) is 0 Å². The van der Waals surface area contributed by atoms with Gasteiger partial charge in [0, 0.05) is 45.4 Å². The fourth-order valence-corrected chi connectivity index (χ4v) is 4.26. The third-order valence-corrected chi connectivity index (χ3v) is 5.99. The number of ether oxygens (including phenoxy) is 7. The lowest BCUT2D eigenvalue weighted by Gasteiger charge is -2.43. The van der Waals surface area contributed by atoms with Crippen LogP contribution in [-0.2, 0) is 49.3 Å². The van der Waals surface area contributed by atoms with E-state index < -0.39 is 54.6 Å². The minimum Gasteiger partial charge on any atom is -0.494 e. The molecule has 0 spiro atoms. The van der Waals surface area contributed by atoms with Crippen molar-refractivity contribution in [3.8, 4) is 11.6 Å². The monoisotopic (exact) mass is 576 g/mol. The Morgan fingerprint density at radius 2 is 1.49 bits per heavy atom. The second kappa shape index (κ2) is 14.5. The molecule has 13 heteroatoms. The second-order valence-corrected chi connectivity index (χ2v) is 9.49. The van der Waals surface area contributed by atoms with Crippen molar-refractivity contribution in [3.05, 3.63) is 41.1 Å². The van der Waals surface area contributed by atoms with E-state index in [0.717, 1.165) is 44.2 Å². The fraction of sp³-hybridized carbons (Fsp3) is 0.536. The van der Waals surface area contributed by atoms with Gasteiger partial charge in [0.25, 0.3) is 0 Å². The largest absolute Gasteiger partial charge is 0.494 e. The molecule has 3 rings (SSSR count). The number of H-pyrrole nitrogens is 1. The summed E-state index contributed by atoms with van der Waals surface area (Å²) in [6.45, 7) is 8.76. The predicted molar refractivity (Wildman–Crippen MR) is 141 cm³/mol. The van der Waals surface area contributed by atoms with Gasteiger partial charge in [-0.05, 0) is 31.0 Å². The highest BCUT2D eigenvalue weighted by Crippen LogP contribution is 2.32. The van der Waals surface area contributed by atoms with Crippen molar-refractivity contribution >= 4 is 23.9 Å². The van der Waals surface area contributed by atoms with Crippen LogP contribution in [0, 0.1) is 6.92 Å². The molecule has 1 N–H and O–H groups in total. The Hall–Kier alpha value is -4.13. The molecule has 1 fully saturated rings. The number of aryl methyl sites for hydroxylation is 1. The smallest absolute Gasteiger partial charge is 0.303 e. The molecule has 1 aromatic heterocycles. The number of hydrogen-bond acceptors (Lipinski definition) is 12. The van der Waals surface area contributed by atoms with Crippen LogP contribution < -0.4 is 9.47 Å². The molecule has 0 saturated carbocycles. The van der Waals surface area contributed by atoms with Gasteiger partial charge in [0.15, 0.2) is 12.2 Å². The normalized spacial score (nSPS) is 21.9. The highest BCUT2D eigenvalue weighted by Gasteiger charge is 2.53. The summed E-state index contributed by atoms with van der Waals surface area (Å²) in [6.07, 6.45) is -5.20. The Morgan fingerprint density at radius 1 is 0.878 bits per heavy atom. The van der Waals surface area contributed by atoms with Crippen LogP contribution in [0.25, 0.3) is 0 Å². The average molecular weight is 577 g/mol. The number of carbonyl (C=O) groups excluding carboxylic acids is 4. The van der Waals surface area contributed by atoms with Crippen molar-refractivity contribution in [2.75, 3.05) is 13.2 Å². The van der Waals surface area contributed by atoms with Crippen LogP contribution in [0.4, 0.5) is 0 Å². The lowest BCUT2D eigenvalue weighted by Crippen LogP contribution is -2.63. The summed E-state index contributed by atoms with van der Waals surface area (Å²) in [6, 6.07) is 7.60. The average Bonchev–Trinajstić information content (AvgIpc) is 3.23. The number of rotatable bonds is 12.